The molecule has 12 heteroatoms. The van der Waals surface area contributed by atoms with Crippen molar-refractivity contribution in [3.63, 3.8) is 0 Å². The molecule has 0 saturated carbocycles. The Bertz CT molecular complexity index is 1410. The minimum atomic E-state index is -0.626. The molecular formula is C32H38N4O8. The van der Waals surface area contributed by atoms with E-state index in [9.17, 15) is 9.90 Å². The summed E-state index contributed by atoms with van der Waals surface area (Å²) in [6.45, 7) is 4.25. The van der Waals surface area contributed by atoms with Gasteiger partial charge in [-0.2, -0.15) is 0 Å². The molecule has 3 aromatic rings. The van der Waals surface area contributed by atoms with Gasteiger partial charge in [-0.05, 0) is 56.2 Å². The fourth-order valence-electron chi connectivity index (χ4n) is 4.76. The number of carbonyl (C=O) groups is 1. The van der Waals surface area contributed by atoms with Gasteiger partial charge in [0.2, 0.25) is 0 Å². The van der Waals surface area contributed by atoms with Crippen LogP contribution in [0.3, 0.4) is 0 Å². The van der Waals surface area contributed by atoms with Gasteiger partial charge in [-0.3, -0.25) is 4.79 Å². The maximum Gasteiger partial charge on any atom is 0.306 e. The Balaban J connectivity index is 1.12. The van der Waals surface area contributed by atoms with E-state index in [0.717, 1.165) is 11.3 Å². The van der Waals surface area contributed by atoms with Gasteiger partial charge < -0.3 is 33.6 Å². The second-order valence-electron chi connectivity index (χ2n) is 10.7. The Morgan fingerprint density at radius 1 is 1.09 bits per heavy atom. The van der Waals surface area contributed by atoms with Crippen molar-refractivity contribution in [1.82, 2.24) is 15.0 Å². The fraction of sp³-hybridized carbons (Fsp3) is 0.438. The number of benzene rings is 2. The Kier molecular flexibility index (Phi) is 10.6. The molecule has 1 saturated heterocycles. The normalized spacial score (nSPS) is 24.1. The van der Waals surface area contributed by atoms with Gasteiger partial charge >= 0.3 is 5.97 Å². The van der Waals surface area contributed by atoms with Crippen LogP contribution in [0, 0.1) is 0 Å². The number of carbonyl (C=O) groups excluding carboxylic acids is 1. The number of aromatic nitrogens is 3. The van der Waals surface area contributed by atoms with E-state index in [-0.39, 0.29) is 37.7 Å². The smallest absolute Gasteiger partial charge is 0.306 e. The molecule has 0 aliphatic carbocycles. The van der Waals surface area contributed by atoms with Crippen molar-refractivity contribution in [2.24, 2.45) is 5.16 Å². The van der Waals surface area contributed by atoms with Crippen LogP contribution in [0.1, 0.15) is 56.2 Å². The zero-order chi connectivity index (χ0) is 30.9. The molecule has 44 heavy (non-hydrogen) atoms. The molecule has 2 aliphatic heterocycles. The minimum Gasteiger partial charge on any atom is -0.497 e. The predicted molar refractivity (Wildman–Crippen MR) is 159 cm³/mol. The summed E-state index contributed by atoms with van der Waals surface area (Å²) in [5, 5.41) is 22.4. The summed E-state index contributed by atoms with van der Waals surface area (Å²) < 4.78 is 30.2. The monoisotopic (exact) mass is 606 g/mol. The summed E-state index contributed by atoms with van der Waals surface area (Å²) in [6.07, 6.45) is 3.72. The van der Waals surface area contributed by atoms with Crippen molar-refractivity contribution >= 4 is 11.7 Å². The summed E-state index contributed by atoms with van der Waals surface area (Å²) in [7, 11) is 1.61. The number of rotatable bonds is 13. The third-order valence-electron chi connectivity index (χ3n) is 7.39. The first-order chi connectivity index (χ1) is 21.4. The lowest BCUT2D eigenvalue weighted by molar-refractivity contribution is -0.152. The summed E-state index contributed by atoms with van der Waals surface area (Å²) in [5.74, 6) is 0.988. The van der Waals surface area contributed by atoms with Gasteiger partial charge in [-0.1, -0.05) is 46.8 Å². The van der Waals surface area contributed by atoms with Crippen molar-refractivity contribution in [2.75, 3.05) is 26.9 Å². The molecule has 2 aromatic carbocycles. The molecular weight excluding hydrogens is 568 g/mol. The van der Waals surface area contributed by atoms with Crippen LogP contribution in [-0.2, 0) is 23.8 Å². The summed E-state index contributed by atoms with van der Waals surface area (Å²) in [5.41, 5.74) is 2.20. The van der Waals surface area contributed by atoms with Crippen LogP contribution < -0.4 is 9.47 Å². The molecule has 0 amide bonds. The van der Waals surface area contributed by atoms with Crippen molar-refractivity contribution in [1.29, 1.82) is 0 Å². The Morgan fingerprint density at radius 3 is 2.59 bits per heavy atom. The average Bonchev–Trinajstić information content (AvgIpc) is 3.72. The van der Waals surface area contributed by atoms with E-state index in [1.165, 1.54) is 0 Å². The molecule has 1 aromatic heterocycles. The molecule has 0 radical (unpaired) electrons. The molecule has 2 aliphatic rings. The average molecular weight is 607 g/mol. The van der Waals surface area contributed by atoms with Crippen molar-refractivity contribution in [3.8, 4) is 11.5 Å². The highest BCUT2D eigenvalue weighted by molar-refractivity contribution is 5.85. The molecule has 0 spiro atoms. The van der Waals surface area contributed by atoms with Crippen LogP contribution in [0.15, 0.2) is 78.1 Å². The lowest BCUT2D eigenvalue weighted by Crippen LogP contribution is -2.40. The first-order valence-electron chi connectivity index (χ1n) is 14.6. The molecule has 5 rings (SSSR count). The first-order valence-corrected chi connectivity index (χ1v) is 14.6. The van der Waals surface area contributed by atoms with Crippen LogP contribution in [0.2, 0.25) is 0 Å². The van der Waals surface area contributed by atoms with Gasteiger partial charge in [0.1, 0.15) is 54.3 Å². The van der Waals surface area contributed by atoms with E-state index in [2.05, 4.69) is 15.5 Å². The van der Waals surface area contributed by atoms with Crippen LogP contribution in [0.5, 0.6) is 11.5 Å². The van der Waals surface area contributed by atoms with Crippen molar-refractivity contribution in [3.05, 3.63) is 84.2 Å². The highest BCUT2D eigenvalue weighted by Crippen LogP contribution is 2.29. The van der Waals surface area contributed by atoms with E-state index in [1.54, 1.807) is 31.8 Å². The van der Waals surface area contributed by atoms with Gasteiger partial charge in [-0.25, -0.2) is 4.68 Å². The second kappa shape index (κ2) is 15.0. The quantitative estimate of drug-likeness (QED) is 0.131. The first kappa shape index (κ1) is 31.2. The number of hydrogen-bond acceptors (Lipinski definition) is 11. The van der Waals surface area contributed by atoms with Gasteiger partial charge in [-0.15, -0.1) is 5.10 Å². The van der Waals surface area contributed by atoms with E-state index in [1.807, 2.05) is 66.7 Å². The zero-order valence-corrected chi connectivity index (χ0v) is 25.0. The second-order valence-corrected chi connectivity index (χ2v) is 10.7. The largest absolute Gasteiger partial charge is 0.497 e. The molecule has 6 atom stereocenters. The van der Waals surface area contributed by atoms with Gasteiger partial charge in [0.25, 0.3) is 0 Å². The lowest BCUT2D eigenvalue weighted by atomic mass is 10.0. The van der Waals surface area contributed by atoms with Crippen molar-refractivity contribution < 1.29 is 38.4 Å². The summed E-state index contributed by atoms with van der Waals surface area (Å²) in [4.78, 5) is 18.3. The highest BCUT2D eigenvalue weighted by atomic mass is 16.6. The SMILES string of the molecule is COc1ccc(O[C@H]2C=C[C@@H](c3ccccc3)O[C@H]2COC(=O)CC/C(C)=N\O[C@@H](C)c2cn([C@H]3COC[C@H]3O)nn2)cc1. The lowest BCUT2D eigenvalue weighted by Gasteiger charge is -2.32. The summed E-state index contributed by atoms with van der Waals surface area (Å²) in [6, 6.07) is 16.8. The number of aliphatic hydroxyl groups excluding tert-OH is 1. The molecule has 3 heterocycles. The van der Waals surface area contributed by atoms with Crippen LogP contribution in [0.25, 0.3) is 0 Å². The van der Waals surface area contributed by atoms with Gasteiger partial charge in [0, 0.05) is 0 Å². The standard InChI is InChI=1S/C32H38N4O8/c1-21(34-44-22(2)26-17-36(35-33-26)27-18-40-19-28(27)37)9-16-32(38)41-20-31-30(42-25-12-10-24(39-3)11-13-25)15-14-29(43-31)23-7-5-4-6-8-23/h4-8,10-15,17,22,27-31,37H,9,16,18-20H2,1-3H3/b34-21-/t22-,27-,28+,29-,30-,31-/m0/s1. The number of aliphatic hydroxyl groups is 1. The molecule has 0 bridgehead atoms. The third kappa shape index (κ3) is 8.22. The number of methoxy groups -OCH3 is 1. The molecule has 1 fully saturated rings. The predicted octanol–water partition coefficient (Wildman–Crippen LogP) is 4.14. The van der Waals surface area contributed by atoms with Gasteiger partial charge in [0.05, 0.1) is 38.7 Å². The van der Waals surface area contributed by atoms with E-state index in [0.29, 0.717) is 30.2 Å². The number of nitrogens with zero attached hydrogens (tertiary/aromatic N) is 4. The number of oxime groups is 1. The van der Waals surface area contributed by atoms with Crippen molar-refractivity contribution in [2.45, 2.75) is 63.3 Å². The van der Waals surface area contributed by atoms with E-state index in [4.69, 9.17) is 28.5 Å². The molecule has 1 N–H and O–H groups in total. The highest BCUT2D eigenvalue weighted by Gasteiger charge is 2.31. The third-order valence-corrected chi connectivity index (χ3v) is 7.39. The molecule has 234 valence electrons. The molecule has 12 nitrogen and oxygen atoms in total. The van der Waals surface area contributed by atoms with E-state index < -0.39 is 24.4 Å². The number of ether oxygens (including phenoxy) is 5. The minimum absolute atomic E-state index is 0.0213. The Labute approximate surface area is 256 Å². The Hall–Kier alpha value is -4.26. The zero-order valence-electron chi connectivity index (χ0n) is 25.0. The Morgan fingerprint density at radius 2 is 1.86 bits per heavy atom. The van der Waals surface area contributed by atoms with Crippen LogP contribution >= 0.6 is 0 Å². The molecule has 0 unspecified atom stereocenters. The number of hydrogen-bond donors (Lipinski definition) is 1. The number of esters is 1. The van der Waals surface area contributed by atoms with Crippen LogP contribution in [-0.4, -0.2) is 77.0 Å². The van der Waals surface area contributed by atoms with E-state index >= 15 is 0 Å². The van der Waals surface area contributed by atoms with Gasteiger partial charge in [0.15, 0.2) is 6.10 Å². The van der Waals surface area contributed by atoms with Crippen LogP contribution in [0.4, 0.5) is 0 Å². The summed E-state index contributed by atoms with van der Waals surface area (Å²) >= 11 is 0. The maximum absolute atomic E-state index is 12.7. The fourth-order valence-corrected chi connectivity index (χ4v) is 4.76. The maximum atomic E-state index is 12.7. The topological polar surface area (TPSA) is 136 Å².